The second-order valence-corrected chi connectivity index (χ2v) is 5.72. The van der Waals surface area contributed by atoms with Crippen molar-refractivity contribution in [3.8, 4) is 5.75 Å². The summed E-state index contributed by atoms with van der Waals surface area (Å²) < 4.78 is 10.6. The molecule has 0 fully saturated rings. The van der Waals surface area contributed by atoms with Crippen LogP contribution in [0.3, 0.4) is 0 Å². The van der Waals surface area contributed by atoms with Crippen LogP contribution in [0.15, 0.2) is 41.7 Å². The molecule has 22 heavy (non-hydrogen) atoms. The van der Waals surface area contributed by atoms with E-state index in [1.807, 2.05) is 19.9 Å². The van der Waals surface area contributed by atoms with E-state index in [2.05, 4.69) is 0 Å². The highest BCUT2D eigenvalue weighted by atomic mass is 16.6. The zero-order valence-corrected chi connectivity index (χ0v) is 12.9. The van der Waals surface area contributed by atoms with Crippen LogP contribution in [-0.2, 0) is 14.3 Å². The second-order valence-electron chi connectivity index (χ2n) is 5.72. The molecule has 0 spiro atoms. The summed E-state index contributed by atoms with van der Waals surface area (Å²) in [5.74, 6) is -0.887. The van der Waals surface area contributed by atoms with E-state index < -0.39 is 24.0 Å². The molecule has 0 aromatic heterocycles. The molecule has 2 atom stereocenters. The fourth-order valence-corrected chi connectivity index (χ4v) is 2.28. The fourth-order valence-electron chi connectivity index (χ4n) is 2.28. The highest BCUT2D eigenvalue weighted by molar-refractivity contribution is 6.20. The Hall–Kier alpha value is -2.30. The van der Waals surface area contributed by atoms with Crippen LogP contribution in [0.25, 0.3) is 0 Å². The second kappa shape index (κ2) is 6.64. The molecule has 0 bridgehead atoms. The fraction of sp³-hybridized carbons (Fsp3) is 0.412. The van der Waals surface area contributed by atoms with Crippen molar-refractivity contribution >= 4 is 11.8 Å². The summed E-state index contributed by atoms with van der Waals surface area (Å²) in [6, 6.07) is 8.83. The topological polar surface area (TPSA) is 72.8 Å². The number of hydrogen-bond donors (Lipinski definition) is 1. The van der Waals surface area contributed by atoms with Crippen LogP contribution in [0.5, 0.6) is 5.75 Å². The molecule has 0 radical (unpaired) electrons. The largest absolute Gasteiger partial charge is 0.507 e. The molecule has 2 unspecified atom stereocenters. The molecule has 0 saturated carbocycles. The van der Waals surface area contributed by atoms with Crippen molar-refractivity contribution in [1.82, 2.24) is 0 Å². The van der Waals surface area contributed by atoms with Gasteiger partial charge in [-0.15, -0.1) is 0 Å². The van der Waals surface area contributed by atoms with Gasteiger partial charge >= 0.3 is 5.97 Å². The number of ether oxygens (including phenoxy) is 2. The third-order valence-electron chi connectivity index (χ3n) is 3.37. The number of hydrogen-bond acceptors (Lipinski definition) is 5. The Morgan fingerprint density at radius 2 is 1.91 bits per heavy atom. The molecule has 1 aliphatic rings. The number of benzene rings is 1. The number of esters is 1. The maximum Gasteiger partial charge on any atom is 0.346 e. The summed E-state index contributed by atoms with van der Waals surface area (Å²) in [5.41, 5.74) is -0.297. The van der Waals surface area contributed by atoms with E-state index in [9.17, 15) is 14.7 Å². The van der Waals surface area contributed by atoms with E-state index in [1.54, 1.807) is 31.2 Å². The number of aliphatic hydroxyl groups excluding tert-OH is 1. The number of carbonyl (C=O) groups is 2. The SMILES string of the molecule is CC(C)CC1OC(=O)C(C(=O)C(C)Oc2ccccc2)=C1O. The Labute approximate surface area is 129 Å². The average Bonchev–Trinajstić information content (AvgIpc) is 2.73. The Bertz CT molecular complexity index is 588. The van der Waals surface area contributed by atoms with Gasteiger partial charge in [-0.3, -0.25) is 4.79 Å². The van der Waals surface area contributed by atoms with Crippen molar-refractivity contribution in [2.75, 3.05) is 0 Å². The first kappa shape index (κ1) is 16.1. The van der Waals surface area contributed by atoms with Crippen molar-refractivity contribution in [2.45, 2.75) is 39.4 Å². The summed E-state index contributed by atoms with van der Waals surface area (Å²) >= 11 is 0. The minimum atomic E-state index is -0.884. The number of para-hydroxylation sites is 1. The zero-order chi connectivity index (χ0) is 16.3. The lowest BCUT2D eigenvalue weighted by atomic mass is 10.0. The van der Waals surface area contributed by atoms with Gasteiger partial charge in [-0.05, 0) is 31.4 Å². The van der Waals surface area contributed by atoms with Crippen molar-refractivity contribution in [3.05, 3.63) is 41.7 Å². The van der Waals surface area contributed by atoms with Crippen LogP contribution >= 0.6 is 0 Å². The van der Waals surface area contributed by atoms with Gasteiger partial charge in [0.25, 0.3) is 0 Å². The zero-order valence-electron chi connectivity index (χ0n) is 12.9. The molecule has 5 heteroatoms. The maximum absolute atomic E-state index is 12.4. The van der Waals surface area contributed by atoms with Crippen LogP contribution in [0.4, 0.5) is 0 Å². The lowest BCUT2D eigenvalue weighted by Gasteiger charge is -2.13. The van der Waals surface area contributed by atoms with E-state index in [4.69, 9.17) is 9.47 Å². The van der Waals surface area contributed by atoms with Crippen molar-refractivity contribution in [2.24, 2.45) is 5.92 Å². The first-order valence-corrected chi connectivity index (χ1v) is 7.30. The molecule has 1 N–H and O–H groups in total. The third-order valence-corrected chi connectivity index (χ3v) is 3.37. The van der Waals surface area contributed by atoms with Gasteiger partial charge in [-0.1, -0.05) is 32.0 Å². The quantitative estimate of drug-likeness (QED) is 0.646. The molecule has 118 valence electrons. The van der Waals surface area contributed by atoms with Crippen LogP contribution in [0.1, 0.15) is 27.2 Å². The molecular formula is C17H20O5. The van der Waals surface area contributed by atoms with E-state index in [0.29, 0.717) is 12.2 Å². The number of cyclic esters (lactones) is 1. The summed E-state index contributed by atoms with van der Waals surface area (Å²) in [4.78, 5) is 24.2. The van der Waals surface area contributed by atoms with Gasteiger partial charge in [0.15, 0.2) is 18.0 Å². The minimum absolute atomic E-state index is 0.229. The Kier molecular flexibility index (Phi) is 4.85. The molecular weight excluding hydrogens is 284 g/mol. The van der Waals surface area contributed by atoms with Gasteiger partial charge in [0.05, 0.1) is 0 Å². The molecule has 5 nitrogen and oxygen atoms in total. The normalized spacial score (nSPS) is 19.3. The van der Waals surface area contributed by atoms with Crippen LogP contribution in [0, 0.1) is 5.92 Å². The predicted octanol–water partition coefficient (Wildman–Crippen LogP) is 2.81. The molecule has 0 aliphatic carbocycles. The lowest BCUT2D eigenvalue weighted by molar-refractivity contribution is -0.142. The number of aliphatic hydroxyl groups is 1. The van der Waals surface area contributed by atoms with E-state index in [0.717, 1.165) is 0 Å². The minimum Gasteiger partial charge on any atom is -0.507 e. The number of ketones is 1. The molecule has 1 aromatic carbocycles. The Balaban J connectivity index is 2.13. The molecule has 2 rings (SSSR count). The van der Waals surface area contributed by atoms with E-state index >= 15 is 0 Å². The molecule has 1 aliphatic heterocycles. The Morgan fingerprint density at radius 3 is 2.50 bits per heavy atom. The Morgan fingerprint density at radius 1 is 1.27 bits per heavy atom. The van der Waals surface area contributed by atoms with E-state index in [1.165, 1.54) is 0 Å². The van der Waals surface area contributed by atoms with Crippen molar-refractivity contribution < 1.29 is 24.2 Å². The van der Waals surface area contributed by atoms with Crippen LogP contribution in [0.2, 0.25) is 0 Å². The third kappa shape index (κ3) is 3.47. The van der Waals surface area contributed by atoms with Gasteiger partial charge in [-0.2, -0.15) is 0 Å². The summed E-state index contributed by atoms with van der Waals surface area (Å²) in [7, 11) is 0. The summed E-state index contributed by atoms with van der Waals surface area (Å²) in [6.45, 7) is 5.43. The lowest BCUT2D eigenvalue weighted by Crippen LogP contribution is -2.28. The van der Waals surface area contributed by atoms with Crippen LogP contribution in [-0.4, -0.2) is 29.1 Å². The van der Waals surface area contributed by atoms with Crippen molar-refractivity contribution in [1.29, 1.82) is 0 Å². The highest BCUT2D eigenvalue weighted by Gasteiger charge is 2.40. The predicted molar refractivity (Wildman–Crippen MR) is 80.5 cm³/mol. The molecule has 1 heterocycles. The monoisotopic (exact) mass is 304 g/mol. The molecule has 0 amide bonds. The standard InChI is InChI=1S/C17H20O5/c1-10(2)9-13-16(19)14(17(20)22-13)15(18)11(3)21-12-7-5-4-6-8-12/h4-8,10-11,13,19H,9H2,1-3H3. The summed E-state index contributed by atoms with van der Waals surface area (Å²) in [6.07, 6.45) is -1.15. The average molecular weight is 304 g/mol. The van der Waals surface area contributed by atoms with Gasteiger partial charge in [-0.25, -0.2) is 4.79 Å². The smallest absolute Gasteiger partial charge is 0.346 e. The number of carbonyl (C=O) groups excluding carboxylic acids is 2. The summed E-state index contributed by atoms with van der Waals surface area (Å²) in [5, 5.41) is 10.1. The first-order valence-electron chi connectivity index (χ1n) is 7.30. The van der Waals surface area contributed by atoms with Gasteiger partial charge < -0.3 is 14.6 Å². The highest BCUT2D eigenvalue weighted by Crippen LogP contribution is 2.27. The molecule has 0 saturated heterocycles. The number of rotatable bonds is 6. The van der Waals surface area contributed by atoms with Crippen LogP contribution < -0.4 is 4.74 Å². The molecule has 1 aromatic rings. The maximum atomic E-state index is 12.4. The van der Waals surface area contributed by atoms with E-state index in [-0.39, 0.29) is 17.3 Å². The van der Waals surface area contributed by atoms with Gasteiger partial charge in [0.1, 0.15) is 11.3 Å². The van der Waals surface area contributed by atoms with Gasteiger partial charge in [0, 0.05) is 0 Å². The first-order chi connectivity index (χ1) is 10.4. The van der Waals surface area contributed by atoms with Gasteiger partial charge in [0.2, 0.25) is 5.78 Å². The van der Waals surface area contributed by atoms with Crippen molar-refractivity contribution in [3.63, 3.8) is 0 Å². The number of Topliss-reactive ketones (excluding diaryl/α,β-unsaturated/α-hetero) is 1.